The Balaban J connectivity index is 1.36. The Morgan fingerprint density at radius 1 is 0.964 bits per heavy atom. The number of nitrogens with zero attached hydrogens (tertiary/aromatic N) is 3. The molecule has 28 heavy (non-hydrogen) atoms. The van der Waals surface area contributed by atoms with Crippen LogP contribution in [0.25, 0.3) is 11.3 Å². The first kappa shape index (κ1) is 18.4. The maximum atomic E-state index is 12.8. The van der Waals surface area contributed by atoms with Crippen LogP contribution in [0, 0.1) is 13.8 Å². The van der Waals surface area contributed by atoms with E-state index in [-0.39, 0.29) is 5.91 Å². The number of nitrogens with one attached hydrogen (secondary N) is 1. The van der Waals surface area contributed by atoms with E-state index in [0.29, 0.717) is 5.69 Å². The van der Waals surface area contributed by atoms with Crippen molar-refractivity contribution in [1.82, 2.24) is 20.0 Å². The number of aryl methyl sites for hydroxylation is 2. The van der Waals surface area contributed by atoms with Crippen LogP contribution >= 0.6 is 0 Å². The van der Waals surface area contributed by atoms with Crippen LogP contribution in [0.15, 0.2) is 54.6 Å². The smallest absolute Gasteiger partial charge is 0.271 e. The molecule has 2 heterocycles. The molecule has 2 aromatic carbocycles. The van der Waals surface area contributed by atoms with E-state index in [1.54, 1.807) is 0 Å². The number of H-pyrrole nitrogens is 1. The first-order valence-corrected chi connectivity index (χ1v) is 9.78. The van der Waals surface area contributed by atoms with Gasteiger partial charge in [0.25, 0.3) is 5.91 Å². The van der Waals surface area contributed by atoms with E-state index in [9.17, 15) is 4.79 Å². The number of piperazine rings is 1. The Morgan fingerprint density at radius 2 is 1.71 bits per heavy atom. The van der Waals surface area contributed by atoms with Gasteiger partial charge in [-0.25, -0.2) is 0 Å². The molecule has 0 atom stereocenters. The second-order valence-corrected chi connectivity index (χ2v) is 7.59. The van der Waals surface area contributed by atoms with E-state index in [4.69, 9.17) is 0 Å². The summed E-state index contributed by atoms with van der Waals surface area (Å²) < 4.78 is 0. The van der Waals surface area contributed by atoms with Crippen LogP contribution in [0.2, 0.25) is 0 Å². The molecule has 1 aliphatic rings. The largest absolute Gasteiger partial charge is 0.335 e. The fourth-order valence-corrected chi connectivity index (χ4v) is 3.65. The fourth-order valence-electron chi connectivity index (χ4n) is 3.65. The summed E-state index contributed by atoms with van der Waals surface area (Å²) in [6.07, 6.45) is 0. The molecule has 1 aliphatic heterocycles. The Labute approximate surface area is 166 Å². The third-order valence-corrected chi connectivity index (χ3v) is 5.30. The Morgan fingerprint density at radius 3 is 2.43 bits per heavy atom. The minimum absolute atomic E-state index is 0.0288. The molecule has 5 nitrogen and oxygen atoms in total. The molecular weight excluding hydrogens is 348 g/mol. The zero-order valence-electron chi connectivity index (χ0n) is 16.5. The molecule has 0 radical (unpaired) electrons. The normalized spacial score (nSPS) is 15.0. The zero-order valence-corrected chi connectivity index (χ0v) is 16.5. The third-order valence-electron chi connectivity index (χ3n) is 5.30. The highest BCUT2D eigenvalue weighted by Crippen LogP contribution is 2.19. The average molecular weight is 374 g/mol. The molecule has 0 spiro atoms. The molecule has 1 amide bonds. The number of rotatable bonds is 4. The predicted octanol–water partition coefficient (Wildman–Crippen LogP) is 3.65. The van der Waals surface area contributed by atoms with Crippen molar-refractivity contribution < 1.29 is 4.79 Å². The summed E-state index contributed by atoms with van der Waals surface area (Å²) in [5.74, 6) is 0.0288. The van der Waals surface area contributed by atoms with Crippen molar-refractivity contribution in [2.75, 3.05) is 26.2 Å². The summed E-state index contributed by atoms with van der Waals surface area (Å²) in [4.78, 5) is 17.2. The number of benzene rings is 2. The van der Waals surface area contributed by atoms with Crippen LogP contribution in [0.1, 0.15) is 27.2 Å². The summed E-state index contributed by atoms with van der Waals surface area (Å²) in [7, 11) is 0. The summed E-state index contributed by atoms with van der Waals surface area (Å²) >= 11 is 0. The topological polar surface area (TPSA) is 52.2 Å². The van der Waals surface area contributed by atoms with Gasteiger partial charge in [-0.15, -0.1) is 0 Å². The molecule has 5 heteroatoms. The van der Waals surface area contributed by atoms with Crippen LogP contribution < -0.4 is 0 Å². The zero-order chi connectivity index (χ0) is 19.5. The van der Waals surface area contributed by atoms with Gasteiger partial charge in [0.15, 0.2) is 0 Å². The van der Waals surface area contributed by atoms with E-state index >= 15 is 0 Å². The number of hydrogen-bond donors (Lipinski definition) is 1. The summed E-state index contributed by atoms with van der Waals surface area (Å²) in [6.45, 7) is 8.37. The number of aromatic amines is 1. The van der Waals surface area contributed by atoms with Crippen LogP contribution in [-0.4, -0.2) is 52.1 Å². The SMILES string of the molecule is Cc1ccc(-c2cc(C(=O)N3CCN(Cc4cccc(C)c4)CC3)[nH]n2)cc1. The molecular formula is C23H26N4O. The molecule has 3 aromatic rings. The minimum atomic E-state index is 0.0288. The second kappa shape index (κ2) is 7.98. The standard InChI is InChI=1S/C23H26N4O/c1-17-6-8-20(9-7-17)21-15-22(25-24-21)23(28)27-12-10-26(11-13-27)16-19-5-3-4-18(2)14-19/h3-9,14-15H,10-13,16H2,1-2H3,(H,24,25). The molecule has 1 N–H and O–H groups in total. The molecule has 1 fully saturated rings. The predicted molar refractivity (Wildman–Crippen MR) is 111 cm³/mol. The summed E-state index contributed by atoms with van der Waals surface area (Å²) in [5, 5.41) is 7.25. The van der Waals surface area contributed by atoms with E-state index in [2.05, 4.69) is 65.3 Å². The van der Waals surface area contributed by atoms with Gasteiger partial charge >= 0.3 is 0 Å². The van der Waals surface area contributed by atoms with Gasteiger partial charge in [-0.2, -0.15) is 5.10 Å². The molecule has 0 bridgehead atoms. The summed E-state index contributed by atoms with van der Waals surface area (Å²) in [6, 6.07) is 18.7. The van der Waals surface area contributed by atoms with Gasteiger partial charge in [0.05, 0.1) is 5.69 Å². The van der Waals surface area contributed by atoms with Crippen molar-refractivity contribution >= 4 is 5.91 Å². The lowest BCUT2D eigenvalue weighted by Gasteiger charge is -2.34. The van der Waals surface area contributed by atoms with Crippen molar-refractivity contribution in [3.8, 4) is 11.3 Å². The Kier molecular flexibility index (Phi) is 5.26. The van der Waals surface area contributed by atoms with Crippen LogP contribution in [0.5, 0.6) is 0 Å². The Bertz CT molecular complexity index is 953. The van der Waals surface area contributed by atoms with Gasteiger partial charge in [0, 0.05) is 38.3 Å². The molecule has 0 aliphatic carbocycles. The monoisotopic (exact) mass is 374 g/mol. The van der Waals surface area contributed by atoms with E-state index in [1.807, 2.05) is 23.1 Å². The molecule has 1 aromatic heterocycles. The second-order valence-electron chi connectivity index (χ2n) is 7.59. The third kappa shape index (κ3) is 4.15. The molecule has 4 rings (SSSR count). The van der Waals surface area contributed by atoms with Crippen molar-refractivity contribution in [2.24, 2.45) is 0 Å². The molecule has 144 valence electrons. The van der Waals surface area contributed by atoms with Gasteiger partial charge in [0.2, 0.25) is 0 Å². The number of aromatic nitrogens is 2. The highest BCUT2D eigenvalue weighted by Gasteiger charge is 2.23. The average Bonchev–Trinajstić information content (AvgIpc) is 3.19. The van der Waals surface area contributed by atoms with Crippen LogP contribution in [0.4, 0.5) is 0 Å². The van der Waals surface area contributed by atoms with Crippen LogP contribution in [-0.2, 0) is 6.54 Å². The van der Waals surface area contributed by atoms with Gasteiger partial charge < -0.3 is 4.90 Å². The molecule has 1 saturated heterocycles. The van der Waals surface area contributed by atoms with Crippen LogP contribution in [0.3, 0.4) is 0 Å². The van der Waals surface area contributed by atoms with Gasteiger partial charge in [-0.05, 0) is 25.5 Å². The molecule has 0 unspecified atom stereocenters. The first-order valence-electron chi connectivity index (χ1n) is 9.78. The van der Waals surface area contributed by atoms with Crippen molar-refractivity contribution in [1.29, 1.82) is 0 Å². The highest BCUT2D eigenvalue weighted by molar-refractivity contribution is 5.93. The summed E-state index contributed by atoms with van der Waals surface area (Å²) in [5.41, 5.74) is 6.21. The minimum Gasteiger partial charge on any atom is -0.335 e. The lowest BCUT2D eigenvalue weighted by molar-refractivity contribution is 0.0622. The quantitative estimate of drug-likeness (QED) is 0.758. The van der Waals surface area contributed by atoms with Gasteiger partial charge in [-0.3, -0.25) is 14.8 Å². The van der Waals surface area contributed by atoms with Gasteiger partial charge in [0.1, 0.15) is 5.69 Å². The number of carbonyl (C=O) groups excluding carboxylic acids is 1. The fraction of sp³-hybridized carbons (Fsp3) is 0.304. The van der Waals surface area contributed by atoms with Crippen molar-refractivity contribution in [2.45, 2.75) is 20.4 Å². The lowest BCUT2D eigenvalue weighted by atomic mass is 10.1. The molecule has 0 saturated carbocycles. The number of amides is 1. The highest BCUT2D eigenvalue weighted by atomic mass is 16.2. The maximum Gasteiger partial charge on any atom is 0.271 e. The maximum absolute atomic E-state index is 12.8. The van der Waals surface area contributed by atoms with E-state index < -0.39 is 0 Å². The van der Waals surface area contributed by atoms with E-state index in [1.165, 1.54) is 16.7 Å². The Hall–Kier alpha value is -2.92. The van der Waals surface area contributed by atoms with E-state index in [0.717, 1.165) is 44.0 Å². The number of hydrogen-bond acceptors (Lipinski definition) is 3. The lowest BCUT2D eigenvalue weighted by Crippen LogP contribution is -2.48. The first-order chi connectivity index (χ1) is 13.6. The van der Waals surface area contributed by atoms with Crippen molar-refractivity contribution in [3.63, 3.8) is 0 Å². The van der Waals surface area contributed by atoms with Crippen molar-refractivity contribution in [3.05, 3.63) is 77.0 Å². The van der Waals surface area contributed by atoms with Gasteiger partial charge in [-0.1, -0.05) is 59.7 Å². The number of carbonyl (C=O) groups is 1.